The molecule has 3 fully saturated rings. The standard InChI is InChI=1S/C14H25N/c1-9-5-6-14(8-10(9)2)12-4-3-11(7-12)13(14)15/h9-13H,3-8,15H2,1-2H3/t9?,10?,11-,12+,13-,14?/m0/s1. The van der Waals surface area contributed by atoms with Crippen molar-refractivity contribution in [3.05, 3.63) is 0 Å². The normalized spacial score (nSPS) is 59.0. The average molecular weight is 207 g/mol. The van der Waals surface area contributed by atoms with Crippen LogP contribution in [0.1, 0.15) is 52.4 Å². The molecule has 0 radical (unpaired) electrons. The summed E-state index contributed by atoms with van der Waals surface area (Å²) in [6.07, 6.45) is 8.66. The van der Waals surface area contributed by atoms with Gasteiger partial charge >= 0.3 is 0 Å². The highest BCUT2D eigenvalue weighted by molar-refractivity contribution is 5.10. The lowest BCUT2D eigenvalue weighted by atomic mass is 9.58. The molecule has 3 unspecified atom stereocenters. The molecule has 3 aliphatic rings. The SMILES string of the molecule is CC1CCC2(CC1C)[C@@H]1CC[C@@H](C1)[C@@H]2N. The van der Waals surface area contributed by atoms with Gasteiger partial charge in [0, 0.05) is 6.04 Å². The van der Waals surface area contributed by atoms with Gasteiger partial charge in [-0.3, -0.25) is 0 Å². The van der Waals surface area contributed by atoms with Crippen LogP contribution >= 0.6 is 0 Å². The summed E-state index contributed by atoms with van der Waals surface area (Å²) in [7, 11) is 0. The summed E-state index contributed by atoms with van der Waals surface area (Å²) in [5, 5.41) is 0. The maximum atomic E-state index is 6.54. The van der Waals surface area contributed by atoms with Crippen LogP contribution in [-0.2, 0) is 0 Å². The zero-order valence-electron chi connectivity index (χ0n) is 10.2. The van der Waals surface area contributed by atoms with Crippen molar-refractivity contribution in [1.29, 1.82) is 0 Å². The van der Waals surface area contributed by atoms with Gasteiger partial charge in [0.15, 0.2) is 0 Å². The largest absolute Gasteiger partial charge is 0.327 e. The van der Waals surface area contributed by atoms with Crippen LogP contribution in [0.3, 0.4) is 0 Å². The summed E-state index contributed by atoms with van der Waals surface area (Å²) in [5.41, 5.74) is 7.12. The molecule has 86 valence electrons. The van der Waals surface area contributed by atoms with E-state index in [4.69, 9.17) is 5.73 Å². The van der Waals surface area contributed by atoms with Crippen LogP contribution in [0, 0.1) is 29.1 Å². The maximum Gasteiger partial charge on any atom is 0.0127 e. The van der Waals surface area contributed by atoms with E-state index in [0.717, 1.165) is 23.7 Å². The highest BCUT2D eigenvalue weighted by Gasteiger charge is 2.57. The molecule has 1 nitrogen and oxygen atoms in total. The van der Waals surface area contributed by atoms with Crippen molar-refractivity contribution in [3.8, 4) is 0 Å². The third-order valence-corrected chi connectivity index (χ3v) is 6.20. The summed E-state index contributed by atoms with van der Waals surface area (Å²) < 4.78 is 0. The first-order chi connectivity index (χ1) is 7.13. The Kier molecular flexibility index (Phi) is 2.18. The second-order valence-corrected chi connectivity index (χ2v) is 6.73. The molecule has 0 aromatic rings. The zero-order valence-corrected chi connectivity index (χ0v) is 10.2. The van der Waals surface area contributed by atoms with Gasteiger partial charge in [0.2, 0.25) is 0 Å². The quantitative estimate of drug-likeness (QED) is 0.648. The van der Waals surface area contributed by atoms with E-state index in [-0.39, 0.29) is 0 Å². The molecule has 1 spiro atoms. The number of hydrogen-bond acceptors (Lipinski definition) is 1. The number of hydrogen-bond donors (Lipinski definition) is 1. The molecule has 6 atom stereocenters. The van der Waals surface area contributed by atoms with Crippen LogP contribution in [0.5, 0.6) is 0 Å². The van der Waals surface area contributed by atoms with Gasteiger partial charge in [-0.25, -0.2) is 0 Å². The van der Waals surface area contributed by atoms with Crippen LogP contribution in [0.2, 0.25) is 0 Å². The Hall–Kier alpha value is -0.0400. The van der Waals surface area contributed by atoms with E-state index in [1.165, 1.54) is 38.5 Å². The van der Waals surface area contributed by atoms with E-state index in [9.17, 15) is 0 Å². The van der Waals surface area contributed by atoms with E-state index >= 15 is 0 Å². The Balaban J connectivity index is 1.85. The highest BCUT2D eigenvalue weighted by atomic mass is 14.8. The molecule has 0 saturated heterocycles. The van der Waals surface area contributed by atoms with E-state index in [1.807, 2.05) is 0 Å². The van der Waals surface area contributed by atoms with Gasteiger partial charge in [-0.15, -0.1) is 0 Å². The van der Waals surface area contributed by atoms with Crippen LogP contribution in [0.25, 0.3) is 0 Å². The predicted octanol–water partition coefficient (Wildman–Crippen LogP) is 3.19. The van der Waals surface area contributed by atoms with Crippen molar-refractivity contribution >= 4 is 0 Å². The van der Waals surface area contributed by atoms with Crippen molar-refractivity contribution in [3.63, 3.8) is 0 Å². The van der Waals surface area contributed by atoms with Crippen molar-refractivity contribution < 1.29 is 0 Å². The molecule has 2 bridgehead atoms. The molecule has 0 heterocycles. The third kappa shape index (κ3) is 1.25. The first-order valence-corrected chi connectivity index (χ1v) is 6.89. The summed E-state index contributed by atoms with van der Waals surface area (Å²) in [4.78, 5) is 0. The fourth-order valence-corrected chi connectivity index (χ4v) is 4.96. The van der Waals surface area contributed by atoms with E-state index in [2.05, 4.69) is 13.8 Å². The summed E-state index contributed by atoms with van der Waals surface area (Å²) >= 11 is 0. The van der Waals surface area contributed by atoms with Gasteiger partial charge in [0.05, 0.1) is 0 Å². The van der Waals surface area contributed by atoms with E-state index in [0.29, 0.717) is 11.5 Å². The van der Waals surface area contributed by atoms with Gasteiger partial charge in [-0.1, -0.05) is 13.8 Å². The molecule has 0 amide bonds. The van der Waals surface area contributed by atoms with Crippen molar-refractivity contribution in [2.75, 3.05) is 0 Å². The van der Waals surface area contributed by atoms with E-state index < -0.39 is 0 Å². The topological polar surface area (TPSA) is 26.0 Å². The lowest BCUT2D eigenvalue weighted by molar-refractivity contribution is 0.0293. The molecule has 3 saturated carbocycles. The maximum absolute atomic E-state index is 6.54. The fourth-order valence-electron chi connectivity index (χ4n) is 4.96. The molecule has 0 aliphatic heterocycles. The Morgan fingerprint density at radius 3 is 2.47 bits per heavy atom. The van der Waals surface area contributed by atoms with Crippen LogP contribution in [-0.4, -0.2) is 6.04 Å². The molecule has 0 aromatic heterocycles. The summed E-state index contributed by atoms with van der Waals surface area (Å²) in [6.45, 7) is 4.88. The molecular formula is C14H25N. The van der Waals surface area contributed by atoms with Gasteiger partial charge in [-0.2, -0.15) is 0 Å². The molecule has 2 N–H and O–H groups in total. The molecular weight excluding hydrogens is 182 g/mol. The number of rotatable bonds is 0. The van der Waals surface area contributed by atoms with Crippen molar-refractivity contribution in [2.24, 2.45) is 34.8 Å². The second-order valence-electron chi connectivity index (χ2n) is 6.73. The fraction of sp³-hybridized carbons (Fsp3) is 1.00. The first-order valence-electron chi connectivity index (χ1n) is 6.89. The summed E-state index contributed by atoms with van der Waals surface area (Å²) in [6, 6.07) is 0.547. The minimum absolute atomic E-state index is 0.547. The van der Waals surface area contributed by atoms with Gasteiger partial charge < -0.3 is 5.73 Å². The molecule has 3 rings (SSSR count). The summed E-state index contributed by atoms with van der Waals surface area (Å²) in [5.74, 6) is 3.72. The lowest BCUT2D eigenvalue weighted by Gasteiger charge is -2.49. The number of nitrogens with two attached hydrogens (primary N) is 1. The van der Waals surface area contributed by atoms with Crippen molar-refractivity contribution in [2.45, 2.75) is 58.4 Å². The monoisotopic (exact) mass is 207 g/mol. The smallest absolute Gasteiger partial charge is 0.0127 e. The third-order valence-electron chi connectivity index (χ3n) is 6.20. The Labute approximate surface area is 93.8 Å². The van der Waals surface area contributed by atoms with Crippen molar-refractivity contribution in [1.82, 2.24) is 0 Å². The Morgan fingerprint density at radius 1 is 1.07 bits per heavy atom. The molecule has 15 heavy (non-hydrogen) atoms. The van der Waals surface area contributed by atoms with Gasteiger partial charge in [0.25, 0.3) is 0 Å². The second kappa shape index (κ2) is 3.23. The average Bonchev–Trinajstić information content (AvgIpc) is 2.77. The molecule has 3 aliphatic carbocycles. The predicted molar refractivity (Wildman–Crippen MR) is 63.4 cm³/mol. The van der Waals surface area contributed by atoms with E-state index in [1.54, 1.807) is 0 Å². The first kappa shape index (κ1) is 10.1. The Bertz CT molecular complexity index is 258. The molecule has 0 aromatic carbocycles. The van der Waals surface area contributed by atoms with Crippen LogP contribution in [0.15, 0.2) is 0 Å². The van der Waals surface area contributed by atoms with Crippen LogP contribution < -0.4 is 5.73 Å². The highest BCUT2D eigenvalue weighted by Crippen LogP contribution is 2.62. The van der Waals surface area contributed by atoms with Gasteiger partial charge in [0.1, 0.15) is 0 Å². The zero-order chi connectivity index (χ0) is 10.6. The minimum atomic E-state index is 0.547. The molecule has 1 heteroatoms. The Morgan fingerprint density at radius 2 is 1.87 bits per heavy atom. The minimum Gasteiger partial charge on any atom is -0.327 e. The van der Waals surface area contributed by atoms with Gasteiger partial charge in [-0.05, 0) is 67.6 Å². The number of fused-ring (bicyclic) bond motifs is 3. The lowest BCUT2D eigenvalue weighted by Crippen LogP contribution is -2.49. The van der Waals surface area contributed by atoms with Crippen LogP contribution in [0.4, 0.5) is 0 Å².